The number of sulfonamides is 1. The van der Waals surface area contributed by atoms with Crippen molar-refractivity contribution < 1.29 is 8.42 Å². The van der Waals surface area contributed by atoms with E-state index in [1.165, 1.54) is 31.9 Å². The van der Waals surface area contributed by atoms with Gasteiger partial charge in [0.25, 0.3) is 0 Å². The van der Waals surface area contributed by atoms with Crippen LogP contribution in [0, 0.1) is 6.92 Å². The largest absolute Gasteiger partial charge is 0.397 e. The molecule has 0 spiro atoms. The van der Waals surface area contributed by atoms with E-state index < -0.39 is 10.0 Å². The lowest BCUT2D eigenvalue weighted by Gasteiger charge is -2.15. The molecule has 0 radical (unpaired) electrons. The molecule has 2 rings (SSSR count). The number of nitrogens with two attached hydrogens (primary N) is 1. The smallest absolute Gasteiger partial charge is 0.244 e. The standard InChI is InChI=1S/C13H16N4O2S2/c1-9-7-8-15-13(16-9)20-10-5-4-6-11(12(10)14)21(18,19)17(2)3/h4-8H,14H2,1-3H3. The molecule has 1 aromatic heterocycles. The molecule has 0 atom stereocenters. The average molecular weight is 324 g/mol. The Hall–Kier alpha value is -1.64. The number of aromatic nitrogens is 2. The van der Waals surface area contributed by atoms with Gasteiger partial charge in [-0.2, -0.15) is 0 Å². The topological polar surface area (TPSA) is 89.2 Å². The van der Waals surface area contributed by atoms with E-state index in [9.17, 15) is 8.42 Å². The van der Waals surface area contributed by atoms with Gasteiger partial charge in [0, 0.05) is 30.9 Å². The molecule has 0 saturated carbocycles. The Labute approximate surface area is 128 Å². The molecule has 0 fully saturated rings. The summed E-state index contributed by atoms with van der Waals surface area (Å²) in [6.07, 6.45) is 1.65. The molecule has 112 valence electrons. The van der Waals surface area contributed by atoms with Crippen LogP contribution in [0.1, 0.15) is 5.69 Å². The zero-order valence-corrected chi connectivity index (χ0v) is 13.6. The number of benzene rings is 1. The molecule has 1 aromatic carbocycles. The van der Waals surface area contributed by atoms with Gasteiger partial charge in [0.05, 0.1) is 5.69 Å². The maximum absolute atomic E-state index is 12.2. The predicted molar refractivity (Wildman–Crippen MR) is 82.6 cm³/mol. The van der Waals surface area contributed by atoms with E-state index >= 15 is 0 Å². The van der Waals surface area contributed by atoms with Crippen LogP contribution in [0.5, 0.6) is 0 Å². The summed E-state index contributed by atoms with van der Waals surface area (Å²) < 4.78 is 25.6. The van der Waals surface area contributed by atoms with E-state index in [1.54, 1.807) is 24.4 Å². The molecule has 1 heterocycles. The zero-order chi connectivity index (χ0) is 15.6. The summed E-state index contributed by atoms with van der Waals surface area (Å²) >= 11 is 1.24. The van der Waals surface area contributed by atoms with Crippen LogP contribution in [-0.4, -0.2) is 36.8 Å². The van der Waals surface area contributed by atoms with Crippen LogP contribution >= 0.6 is 11.8 Å². The Balaban J connectivity index is 2.44. The van der Waals surface area contributed by atoms with Gasteiger partial charge >= 0.3 is 0 Å². The summed E-state index contributed by atoms with van der Waals surface area (Å²) in [5, 5.41) is 0.529. The second kappa shape index (κ2) is 6.00. The normalized spacial score (nSPS) is 11.8. The second-order valence-electron chi connectivity index (χ2n) is 4.54. The maximum Gasteiger partial charge on any atom is 0.244 e. The Morgan fingerprint density at radius 2 is 1.95 bits per heavy atom. The number of anilines is 1. The third-order valence-electron chi connectivity index (χ3n) is 2.76. The van der Waals surface area contributed by atoms with Gasteiger partial charge in [0.15, 0.2) is 5.16 Å². The molecule has 8 heteroatoms. The quantitative estimate of drug-likeness (QED) is 0.681. The van der Waals surface area contributed by atoms with Gasteiger partial charge in [0.1, 0.15) is 4.90 Å². The molecule has 6 nitrogen and oxygen atoms in total. The Morgan fingerprint density at radius 1 is 1.24 bits per heavy atom. The van der Waals surface area contributed by atoms with E-state index in [2.05, 4.69) is 9.97 Å². The molecule has 0 aliphatic carbocycles. The van der Waals surface area contributed by atoms with Gasteiger partial charge in [-0.05, 0) is 36.9 Å². The summed E-state index contributed by atoms with van der Waals surface area (Å²) in [5.41, 5.74) is 7.06. The van der Waals surface area contributed by atoms with Gasteiger partial charge in [-0.3, -0.25) is 0 Å². The molecule has 0 aliphatic heterocycles. The maximum atomic E-state index is 12.2. The van der Waals surface area contributed by atoms with Crippen molar-refractivity contribution in [2.24, 2.45) is 0 Å². The lowest BCUT2D eigenvalue weighted by molar-refractivity contribution is 0.521. The van der Waals surface area contributed by atoms with E-state index in [1.807, 2.05) is 6.92 Å². The number of hydrogen-bond acceptors (Lipinski definition) is 6. The molecule has 0 unspecified atom stereocenters. The Bertz CT molecular complexity index is 761. The van der Waals surface area contributed by atoms with Crippen LogP contribution in [0.2, 0.25) is 0 Å². The first-order valence-corrected chi connectivity index (χ1v) is 8.36. The van der Waals surface area contributed by atoms with Crippen molar-refractivity contribution in [1.82, 2.24) is 14.3 Å². The minimum atomic E-state index is -3.58. The Morgan fingerprint density at radius 3 is 2.57 bits per heavy atom. The molecule has 0 aliphatic rings. The third kappa shape index (κ3) is 3.34. The lowest BCUT2D eigenvalue weighted by atomic mass is 10.3. The number of rotatable bonds is 4. The van der Waals surface area contributed by atoms with Crippen LogP contribution in [0.15, 0.2) is 45.4 Å². The van der Waals surface area contributed by atoms with Crippen molar-refractivity contribution in [1.29, 1.82) is 0 Å². The number of aryl methyl sites for hydroxylation is 1. The van der Waals surface area contributed by atoms with Crippen LogP contribution < -0.4 is 5.73 Å². The van der Waals surface area contributed by atoms with Crippen molar-refractivity contribution in [3.63, 3.8) is 0 Å². The molecule has 21 heavy (non-hydrogen) atoms. The summed E-state index contributed by atoms with van der Waals surface area (Å²) in [6, 6.07) is 6.69. The van der Waals surface area contributed by atoms with Crippen molar-refractivity contribution >= 4 is 27.5 Å². The second-order valence-corrected chi connectivity index (χ2v) is 7.67. The van der Waals surface area contributed by atoms with E-state index in [4.69, 9.17) is 5.73 Å². The van der Waals surface area contributed by atoms with Crippen molar-refractivity contribution in [2.45, 2.75) is 21.9 Å². The fourth-order valence-corrected chi connectivity index (χ4v) is 3.57. The van der Waals surface area contributed by atoms with Crippen molar-refractivity contribution in [3.05, 3.63) is 36.2 Å². The molecule has 0 bridgehead atoms. The number of nitrogens with zero attached hydrogens (tertiary/aromatic N) is 3. The van der Waals surface area contributed by atoms with Crippen LogP contribution in [-0.2, 0) is 10.0 Å². The first-order valence-electron chi connectivity index (χ1n) is 6.11. The van der Waals surface area contributed by atoms with Crippen molar-refractivity contribution in [2.75, 3.05) is 19.8 Å². The van der Waals surface area contributed by atoms with Crippen molar-refractivity contribution in [3.8, 4) is 0 Å². The van der Waals surface area contributed by atoms with Gasteiger partial charge in [0.2, 0.25) is 10.0 Å². The summed E-state index contributed by atoms with van der Waals surface area (Å²) in [6.45, 7) is 1.86. The fourth-order valence-electron chi connectivity index (χ4n) is 1.61. The summed E-state index contributed by atoms with van der Waals surface area (Å²) in [5.74, 6) is 0. The lowest BCUT2D eigenvalue weighted by Crippen LogP contribution is -2.23. The highest BCUT2D eigenvalue weighted by Gasteiger charge is 2.22. The minimum Gasteiger partial charge on any atom is -0.397 e. The first kappa shape index (κ1) is 15.7. The summed E-state index contributed by atoms with van der Waals surface area (Å²) in [7, 11) is -0.635. The van der Waals surface area contributed by atoms with Crippen LogP contribution in [0.4, 0.5) is 5.69 Å². The summed E-state index contributed by atoms with van der Waals surface area (Å²) in [4.78, 5) is 9.11. The number of hydrogen-bond donors (Lipinski definition) is 1. The Kier molecular flexibility index (Phi) is 4.50. The van der Waals surface area contributed by atoms with Crippen LogP contribution in [0.25, 0.3) is 0 Å². The van der Waals surface area contributed by atoms with Gasteiger partial charge in [-0.25, -0.2) is 22.7 Å². The fraction of sp³-hybridized carbons (Fsp3) is 0.231. The van der Waals surface area contributed by atoms with E-state index in [0.29, 0.717) is 10.1 Å². The minimum absolute atomic E-state index is 0.0881. The predicted octanol–water partition coefficient (Wildman–Crippen LogP) is 1.77. The molecule has 2 aromatic rings. The van der Waals surface area contributed by atoms with Crippen LogP contribution in [0.3, 0.4) is 0 Å². The monoisotopic (exact) mass is 324 g/mol. The molecule has 0 saturated heterocycles. The molecular formula is C13H16N4O2S2. The molecule has 2 N–H and O–H groups in total. The SMILES string of the molecule is Cc1ccnc(Sc2cccc(S(=O)(=O)N(C)C)c2N)n1. The number of para-hydroxylation sites is 1. The highest BCUT2D eigenvalue weighted by Crippen LogP contribution is 2.34. The molecule has 0 amide bonds. The van der Waals surface area contributed by atoms with E-state index in [-0.39, 0.29) is 10.6 Å². The third-order valence-corrected chi connectivity index (χ3v) is 5.59. The number of nitrogen functional groups attached to an aromatic ring is 1. The highest BCUT2D eigenvalue weighted by molar-refractivity contribution is 7.99. The van der Waals surface area contributed by atoms with E-state index in [0.717, 1.165) is 10.00 Å². The average Bonchev–Trinajstić information content (AvgIpc) is 2.41. The first-order chi connectivity index (χ1) is 9.82. The highest BCUT2D eigenvalue weighted by atomic mass is 32.2. The van der Waals surface area contributed by atoms with Gasteiger partial charge < -0.3 is 5.73 Å². The van der Waals surface area contributed by atoms with Gasteiger partial charge in [-0.15, -0.1) is 0 Å². The molecular weight excluding hydrogens is 308 g/mol. The zero-order valence-electron chi connectivity index (χ0n) is 11.9. The van der Waals surface area contributed by atoms with Gasteiger partial charge in [-0.1, -0.05) is 6.07 Å².